The van der Waals surface area contributed by atoms with Gasteiger partial charge in [0.2, 0.25) is 0 Å². The van der Waals surface area contributed by atoms with Crippen LogP contribution in [0.5, 0.6) is 0 Å². The summed E-state index contributed by atoms with van der Waals surface area (Å²) in [5.74, 6) is 5.34. The maximum absolute atomic E-state index is 13.7. The third kappa shape index (κ3) is 4.05. The van der Waals surface area contributed by atoms with Crippen LogP contribution in [0.1, 0.15) is 59.3 Å². The van der Waals surface area contributed by atoms with Crippen molar-refractivity contribution in [3.63, 3.8) is 0 Å². The standard InChI is InChI=1S/C24H35NO7S/c1-14(5-4-10-31-33(29,30)32-25)17-6-7-18-22-19(13-21(28)24(17,18)3)23(2)9-8-16(26)11-15(23)12-20(22)27/h8-9,11,14,17-20,22,27H,4-7,10,12-13,25H2,1-3H3/t14-,17-,18+,19+,20-,22+,23+,24-/m1/s1. The lowest BCUT2D eigenvalue weighted by atomic mass is 9.46. The molecule has 8 atom stereocenters. The molecule has 3 fully saturated rings. The van der Waals surface area contributed by atoms with E-state index >= 15 is 0 Å². The molecular formula is C24H35NO7S. The quantitative estimate of drug-likeness (QED) is 0.419. The average molecular weight is 482 g/mol. The molecule has 4 aliphatic rings. The third-order valence-electron chi connectivity index (χ3n) is 9.35. The highest BCUT2D eigenvalue weighted by atomic mass is 32.3. The van der Waals surface area contributed by atoms with Gasteiger partial charge in [-0.1, -0.05) is 32.4 Å². The van der Waals surface area contributed by atoms with E-state index in [1.54, 1.807) is 12.2 Å². The molecule has 9 heteroatoms. The first-order valence-electron chi connectivity index (χ1n) is 11.9. The molecule has 0 spiro atoms. The van der Waals surface area contributed by atoms with Gasteiger partial charge in [-0.15, -0.1) is 0 Å². The van der Waals surface area contributed by atoms with Crippen molar-refractivity contribution in [3.05, 3.63) is 23.8 Å². The molecule has 0 aromatic rings. The van der Waals surface area contributed by atoms with Crippen LogP contribution in [0.3, 0.4) is 0 Å². The number of allylic oxidation sites excluding steroid dienone is 3. The van der Waals surface area contributed by atoms with E-state index in [0.717, 1.165) is 18.4 Å². The van der Waals surface area contributed by atoms with E-state index in [0.29, 0.717) is 25.7 Å². The normalized spacial score (nSPS) is 41.2. The fraction of sp³-hybridized carbons (Fsp3) is 0.750. The first kappa shape index (κ1) is 24.7. The zero-order valence-electron chi connectivity index (χ0n) is 19.5. The predicted molar refractivity (Wildman–Crippen MR) is 120 cm³/mol. The van der Waals surface area contributed by atoms with Crippen molar-refractivity contribution in [1.82, 2.24) is 0 Å². The molecule has 0 radical (unpaired) electrons. The Bertz CT molecular complexity index is 989. The Kier molecular flexibility index (Phi) is 6.50. The lowest BCUT2D eigenvalue weighted by Crippen LogP contribution is -2.58. The van der Waals surface area contributed by atoms with Crippen LogP contribution in [0.25, 0.3) is 0 Å². The van der Waals surface area contributed by atoms with Crippen molar-refractivity contribution in [2.45, 2.75) is 65.4 Å². The average Bonchev–Trinajstić information content (AvgIpc) is 3.12. The number of aliphatic hydroxyl groups excluding tert-OH is 1. The van der Waals surface area contributed by atoms with Crippen molar-refractivity contribution < 1.29 is 31.6 Å². The van der Waals surface area contributed by atoms with Gasteiger partial charge in [0.15, 0.2) is 5.78 Å². The highest BCUT2D eigenvalue weighted by Crippen LogP contribution is 2.65. The zero-order valence-corrected chi connectivity index (χ0v) is 20.3. The molecule has 0 saturated heterocycles. The number of ketones is 2. The first-order valence-corrected chi connectivity index (χ1v) is 13.2. The van der Waals surface area contributed by atoms with E-state index in [9.17, 15) is 23.1 Å². The molecule has 3 saturated carbocycles. The van der Waals surface area contributed by atoms with E-state index in [1.807, 2.05) is 6.08 Å². The van der Waals surface area contributed by atoms with Gasteiger partial charge in [-0.05, 0) is 73.8 Å². The second kappa shape index (κ2) is 8.68. The van der Waals surface area contributed by atoms with Gasteiger partial charge < -0.3 is 5.11 Å². The molecule has 0 amide bonds. The SMILES string of the molecule is C[C@H](CCCOS(=O)(=O)ON)[C@H]1CC[C@H]2[C@@H]3[C@H](O)CC4=CC(=O)C=C[C@]4(C)[C@H]3CC(=O)[C@]12C. The summed E-state index contributed by atoms with van der Waals surface area (Å²) in [5.41, 5.74) is 0.0621. The Morgan fingerprint density at radius 3 is 2.64 bits per heavy atom. The van der Waals surface area contributed by atoms with Gasteiger partial charge in [0.05, 0.1) is 12.7 Å². The predicted octanol–water partition coefficient (Wildman–Crippen LogP) is 2.63. The zero-order chi connectivity index (χ0) is 24.2. The smallest absolute Gasteiger partial charge is 0.392 e. The third-order valence-corrected chi connectivity index (χ3v) is 10.0. The van der Waals surface area contributed by atoms with E-state index in [4.69, 9.17) is 0 Å². The summed E-state index contributed by atoms with van der Waals surface area (Å²) in [6, 6.07) is 0. The second-order valence-corrected chi connectivity index (χ2v) is 12.0. The first-order chi connectivity index (χ1) is 15.4. The molecular weight excluding hydrogens is 446 g/mol. The Hall–Kier alpha value is -1.39. The number of rotatable bonds is 7. The van der Waals surface area contributed by atoms with Crippen LogP contribution in [-0.2, 0) is 28.5 Å². The molecule has 33 heavy (non-hydrogen) atoms. The number of hydrogen-bond acceptors (Lipinski definition) is 8. The van der Waals surface area contributed by atoms with Crippen LogP contribution >= 0.6 is 0 Å². The lowest BCUT2D eigenvalue weighted by Gasteiger charge is -2.58. The molecule has 0 bridgehead atoms. The number of carbonyl (C=O) groups is 2. The van der Waals surface area contributed by atoms with Crippen LogP contribution in [0.2, 0.25) is 0 Å². The molecule has 4 aliphatic carbocycles. The number of carbonyl (C=O) groups excluding carboxylic acids is 2. The number of nitrogens with two attached hydrogens (primary N) is 1. The van der Waals surface area contributed by atoms with Gasteiger partial charge in [0.1, 0.15) is 5.78 Å². The number of fused-ring (bicyclic) bond motifs is 5. The summed E-state index contributed by atoms with van der Waals surface area (Å²) in [7, 11) is -4.15. The fourth-order valence-corrected chi connectivity index (χ4v) is 8.01. The molecule has 8 nitrogen and oxygen atoms in total. The summed E-state index contributed by atoms with van der Waals surface area (Å²) >= 11 is 0. The summed E-state index contributed by atoms with van der Waals surface area (Å²) in [4.78, 5) is 25.7. The van der Waals surface area contributed by atoms with E-state index < -0.39 is 21.9 Å². The summed E-state index contributed by atoms with van der Waals surface area (Å²) in [6.07, 6.45) is 8.55. The van der Waals surface area contributed by atoms with Gasteiger partial charge >= 0.3 is 10.4 Å². The van der Waals surface area contributed by atoms with Crippen molar-refractivity contribution in [2.75, 3.05) is 6.61 Å². The van der Waals surface area contributed by atoms with Gasteiger partial charge in [-0.2, -0.15) is 18.6 Å². The van der Waals surface area contributed by atoms with E-state index in [1.165, 1.54) is 0 Å². The van der Waals surface area contributed by atoms with Crippen LogP contribution in [0.4, 0.5) is 0 Å². The van der Waals surface area contributed by atoms with Crippen LogP contribution in [0, 0.1) is 40.4 Å². The Balaban J connectivity index is 1.51. The monoisotopic (exact) mass is 481 g/mol. The molecule has 0 aromatic heterocycles. The van der Waals surface area contributed by atoms with Crippen molar-refractivity contribution in [2.24, 2.45) is 46.3 Å². The molecule has 0 unspecified atom stereocenters. The van der Waals surface area contributed by atoms with Crippen molar-refractivity contribution >= 4 is 22.0 Å². The highest BCUT2D eigenvalue weighted by molar-refractivity contribution is 7.81. The molecule has 3 N–H and O–H groups in total. The number of hydrogen-bond donors (Lipinski definition) is 2. The molecule has 4 rings (SSSR count). The summed E-state index contributed by atoms with van der Waals surface area (Å²) in [5, 5.41) is 11.2. The Labute approximate surface area is 195 Å². The van der Waals surface area contributed by atoms with Gasteiger partial charge in [-0.25, -0.2) is 4.18 Å². The highest BCUT2D eigenvalue weighted by Gasteiger charge is 2.64. The van der Waals surface area contributed by atoms with Crippen molar-refractivity contribution in [1.29, 1.82) is 0 Å². The van der Waals surface area contributed by atoms with E-state index in [-0.39, 0.29) is 53.2 Å². The maximum Gasteiger partial charge on any atom is 0.415 e. The molecule has 0 aliphatic heterocycles. The van der Waals surface area contributed by atoms with Crippen molar-refractivity contribution in [3.8, 4) is 0 Å². The fourth-order valence-electron chi connectivity index (χ4n) is 7.63. The largest absolute Gasteiger partial charge is 0.415 e. The topological polar surface area (TPSA) is 133 Å². The molecule has 0 heterocycles. The van der Waals surface area contributed by atoms with E-state index in [2.05, 4.69) is 35.1 Å². The van der Waals surface area contributed by atoms with Gasteiger partial charge in [0, 0.05) is 17.3 Å². The Morgan fingerprint density at radius 2 is 1.94 bits per heavy atom. The number of Topliss-reactive ketones (excluding diaryl/α,β-unsaturated/α-hetero) is 1. The van der Waals surface area contributed by atoms with Crippen LogP contribution < -0.4 is 5.90 Å². The van der Waals surface area contributed by atoms with Crippen LogP contribution in [-0.4, -0.2) is 37.8 Å². The summed E-state index contributed by atoms with van der Waals surface area (Å²) < 4.78 is 31.0. The van der Waals surface area contributed by atoms with Gasteiger partial charge in [-0.3, -0.25) is 9.59 Å². The van der Waals surface area contributed by atoms with Crippen LogP contribution in [0.15, 0.2) is 23.8 Å². The minimum absolute atomic E-state index is 0.00801. The minimum atomic E-state index is -4.15. The molecule has 0 aromatic carbocycles. The maximum atomic E-state index is 13.7. The van der Waals surface area contributed by atoms with Gasteiger partial charge in [0.25, 0.3) is 0 Å². The molecule has 184 valence electrons. The Morgan fingerprint density at radius 1 is 1.21 bits per heavy atom. The second-order valence-electron chi connectivity index (χ2n) is 10.8. The number of aliphatic hydroxyl groups is 1. The minimum Gasteiger partial charge on any atom is -0.392 e. The summed E-state index contributed by atoms with van der Waals surface area (Å²) in [6.45, 7) is 6.27. The lowest BCUT2D eigenvalue weighted by molar-refractivity contribution is -0.154.